The second-order valence-corrected chi connectivity index (χ2v) is 9.56. The summed E-state index contributed by atoms with van der Waals surface area (Å²) in [5, 5.41) is 24.3. The predicted molar refractivity (Wildman–Crippen MR) is 140 cm³/mol. The Morgan fingerprint density at radius 2 is 1.86 bits per heavy atom. The van der Waals surface area contributed by atoms with Crippen molar-refractivity contribution in [3.8, 4) is 0 Å². The molecule has 6 N–H and O–H groups in total. The lowest BCUT2D eigenvalue weighted by Crippen LogP contribution is -2.59. The minimum atomic E-state index is -1.08. The molecule has 1 fully saturated rings. The van der Waals surface area contributed by atoms with Gasteiger partial charge in [-0.2, -0.15) is 0 Å². The lowest BCUT2D eigenvalue weighted by Gasteiger charge is -2.27. The molecule has 1 aliphatic heterocycles. The molecule has 0 aromatic heterocycles. The van der Waals surface area contributed by atoms with Gasteiger partial charge in [-0.3, -0.25) is 14.4 Å². The average molecular weight is 528 g/mol. The van der Waals surface area contributed by atoms with Crippen LogP contribution in [0.3, 0.4) is 0 Å². The van der Waals surface area contributed by atoms with Crippen molar-refractivity contribution in [2.45, 2.75) is 78.1 Å². The topological polar surface area (TPSA) is 158 Å². The van der Waals surface area contributed by atoms with Crippen LogP contribution in [-0.4, -0.2) is 77.8 Å². The van der Waals surface area contributed by atoms with Gasteiger partial charge in [0, 0.05) is 31.1 Å². The molecule has 1 heterocycles. The highest BCUT2D eigenvalue weighted by Crippen LogP contribution is 2.17. The summed E-state index contributed by atoms with van der Waals surface area (Å²) in [4.78, 5) is 50.2. The summed E-state index contributed by atoms with van der Waals surface area (Å²) in [5.41, 5.74) is 0. The predicted octanol–water partition coefficient (Wildman–Crippen LogP) is -0.119. The number of carbonyl (C=O) groups is 4. The van der Waals surface area contributed by atoms with Gasteiger partial charge in [-0.25, -0.2) is 4.79 Å². The third-order valence-electron chi connectivity index (χ3n) is 5.51. The smallest absolute Gasteiger partial charge is 0.330 e. The first-order chi connectivity index (χ1) is 17.0. The number of carbonyl (C=O) groups excluding carboxylic acids is 4. The third-order valence-corrected chi connectivity index (χ3v) is 5.77. The number of hydrogen-bond acceptors (Lipinski definition) is 7. The van der Waals surface area contributed by atoms with Crippen LogP contribution in [0.5, 0.6) is 0 Å². The molecule has 204 valence electrons. The van der Waals surface area contributed by atoms with Crippen molar-refractivity contribution in [1.82, 2.24) is 26.6 Å². The fraction of sp³-hybridized carbons (Fsp3) is 0.708. The number of thiocarbonyl (C=S) groups is 1. The quantitative estimate of drug-likeness (QED) is 0.103. The molecule has 0 spiro atoms. The lowest BCUT2D eigenvalue weighted by molar-refractivity contribution is -0.137. The number of aliphatic hydroxyl groups excluding tert-OH is 1. The second-order valence-electron chi connectivity index (χ2n) is 9.15. The second kappa shape index (κ2) is 16.1. The molecular formula is C24H41N5O6S. The monoisotopic (exact) mass is 527 g/mol. The Morgan fingerprint density at radius 1 is 1.17 bits per heavy atom. The zero-order valence-electron chi connectivity index (χ0n) is 21.8. The number of aliphatic hydroxyl groups is 1. The number of amides is 3. The van der Waals surface area contributed by atoms with Gasteiger partial charge in [-0.15, -0.1) is 0 Å². The molecule has 1 unspecified atom stereocenters. The Kier molecular flexibility index (Phi) is 14.0. The zero-order valence-corrected chi connectivity index (χ0v) is 22.6. The number of ether oxygens (including phenoxy) is 1. The molecule has 0 aromatic carbocycles. The van der Waals surface area contributed by atoms with E-state index in [0.29, 0.717) is 32.4 Å². The van der Waals surface area contributed by atoms with Gasteiger partial charge in [0.05, 0.1) is 12.7 Å². The summed E-state index contributed by atoms with van der Waals surface area (Å²) in [6.07, 6.45) is 2.91. The minimum absolute atomic E-state index is 0.0657. The van der Waals surface area contributed by atoms with Crippen LogP contribution in [0, 0.1) is 11.8 Å². The van der Waals surface area contributed by atoms with Crippen molar-refractivity contribution >= 4 is 41.0 Å². The van der Waals surface area contributed by atoms with E-state index >= 15 is 0 Å². The van der Waals surface area contributed by atoms with Crippen molar-refractivity contribution in [2.24, 2.45) is 11.8 Å². The van der Waals surface area contributed by atoms with E-state index in [1.54, 1.807) is 6.92 Å². The van der Waals surface area contributed by atoms with Gasteiger partial charge in [0.1, 0.15) is 12.1 Å². The maximum atomic E-state index is 13.3. The van der Waals surface area contributed by atoms with E-state index in [9.17, 15) is 24.3 Å². The van der Waals surface area contributed by atoms with Crippen LogP contribution in [-0.2, 0) is 23.9 Å². The summed E-state index contributed by atoms with van der Waals surface area (Å²) < 4.78 is 4.92. The van der Waals surface area contributed by atoms with Gasteiger partial charge in [0.15, 0.2) is 5.11 Å². The molecular weight excluding hydrogens is 486 g/mol. The summed E-state index contributed by atoms with van der Waals surface area (Å²) in [6, 6.07) is -2.61. The highest BCUT2D eigenvalue weighted by molar-refractivity contribution is 7.80. The van der Waals surface area contributed by atoms with Crippen molar-refractivity contribution < 1.29 is 29.0 Å². The molecule has 0 bridgehead atoms. The molecule has 12 heteroatoms. The van der Waals surface area contributed by atoms with Crippen LogP contribution in [0.1, 0.15) is 53.9 Å². The maximum absolute atomic E-state index is 13.3. The van der Waals surface area contributed by atoms with Crippen molar-refractivity contribution in [3.05, 3.63) is 12.2 Å². The average Bonchev–Trinajstić information content (AvgIpc) is 3.19. The van der Waals surface area contributed by atoms with E-state index in [4.69, 9.17) is 17.0 Å². The van der Waals surface area contributed by atoms with Gasteiger partial charge in [-0.1, -0.05) is 19.9 Å². The highest BCUT2D eigenvalue weighted by Gasteiger charge is 2.32. The third kappa shape index (κ3) is 11.3. The van der Waals surface area contributed by atoms with Gasteiger partial charge in [0.2, 0.25) is 17.7 Å². The molecule has 0 saturated carbocycles. The Bertz CT molecular complexity index is 804. The number of rotatable bonds is 14. The van der Waals surface area contributed by atoms with Crippen molar-refractivity contribution in [2.75, 3.05) is 19.7 Å². The van der Waals surface area contributed by atoms with Crippen LogP contribution in [0.25, 0.3) is 0 Å². The zero-order chi connectivity index (χ0) is 27.3. The van der Waals surface area contributed by atoms with E-state index in [1.807, 2.05) is 20.8 Å². The molecule has 11 nitrogen and oxygen atoms in total. The highest BCUT2D eigenvalue weighted by atomic mass is 32.1. The summed E-state index contributed by atoms with van der Waals surface area (Å²) in [5.74, 6) is -1.95. The molecule has 1 rings (SSSR count). The van der Waals surface area contributed by atoms with E-state index in [2.05, 4.69) is 26.6 Å². The molecule has 1 aliphatic rings. The Morgan fingerprint density at radius 3 is 2.39 bits per heavy atom. The standard InChI is InChI=1S/C24H41N5O6S/c1-6-25-24(36)29-20(15(5)30)23(34)28-18(12-14(3)4)22(33)27-17(8-9-19(31)35-7-2)13-16-10-11-26-21(16)32/h8-9,14-18,20,30H,6-7,10-13H2,1-5H3,(H,26,32)(H,27,33)(H,28,34)(H2,25,29,36)/b9-8+/t15?,16-,17+,18-,20-/m0/s1. The normalized spacial score (nSPS) is 18.6. The molecule has 3 amide bonds. The maximum Gasteiger partial charge on any atom is 0.330 e. The fourth-order valence-electron chi connectivity index (χ4n) is 3.75. The van der Waals surface area contributed by atoms with Crippen LogP contribution in [0.2, 0.25) is 0 Å². The first kappa shape index (κ1) is 31.3. The number of hydrogen-bond donors (Lipinski definition) is 6. The molecule has 0 radical (unpaired) electrons. The van der Waals surface area contributed by atoms with Crippen LogP contribution in [0.15, 0.2) is 12.2 Å². The lowest BCUT2D eigenvalue weighted by atomic mass is 9.96. The molecule has 36 heavy (non-hydrogen) atoms. The van der Waals surface area contributed by atoms with Gasteiger partial charge in [0.25, 0.3) is 0 Å². The summed E-state index contributed by atoms with van der Waals surface area (Å²) in [7, 11) is 0. The van der Waals surface area contributed by atoms with Gasteiger partial charge < -0.3 is 36.4 Å². The Hall–Kier alpha value is -2.73. The number of nitrogens with one attached hydrogen (secondary N) is 5. The molecule has 5 atom stereocenters. The summed E-state index contributed by atoms with van der Waals surface area (Å²) >= 11 is 5.14. The van der Waals surface area contributed by atoms with Crippen molar-refractivity contribution in [3.63, 3.8) is 0 Å². The van der Waals surface area contributed by atoms with E-state index in [1.165, 1.54) is 19.1 Å². The van der Waals surface area contributed by atoms with E-state index < -0.39 is 42.0 Å². The molecule has 1 saturated heterocycles. The minimum Gasteiger partial charge on any atom is -0.463 e. The molecule has 0 aliphatic carbocycles. The Labute approximate surface area is 218 Å². The van der Waals surface area contributed by atoms with Crippen molar-refractivity contribution in [1.29, 1.82) is 0 Å². The molecule has 0 aromatic rings. The summed E-state index contributed by atoms with van der Waals surface area (Å²) in [6.45, 7) is 10.1. The van der Waals surface area contributed by atoms with Crippen LogP contribution in [0.4, 0.5) is 0 Å². The fourth-order valence-corrected chi connectivity index (χ4v) is 4.02. The van der Waals surface area contributed by atoms with Gasteiger partial charge in [-0.05, 0) is 58.2 Å². The Balaban J connectivity index is 3.02. The SMILES string of the molecule is CCNC(=S)N[C@H](C(=O)N[C@@H](CC(C)C)C(=O)N[C@H](/C=C/C(=O)OCC)C[C@@H]1CCNC1=O)C(C)O. The van der Waals surface area contributed by atoms with Gasteiger partial charge >= 0.3 is 5.97 Å². The van der Waals surface area contributed by atoms with E-state index in [-0.39, 0.29) is 29.5 Å². The largest absolute Gasteiger partial charge is 0.463 e. The van der Waals surface area contributed by atoms with E-state index in [0.717, 1.165) is 0 Å². The first-order valence-corrected chi connectivity index (χ1v) is 12.8. The first-order valence-electron chi connectivity index (χ1n) is 12.4. The van der Waals surface area contributed by atoms with Crippen LogP contribution >= 0.6 is 12.2 Å². The number of esters is 1. The van der Waals surface area contributed by atoms with Crippen LogP contribution < -0.4 is 26.6 Å².